The van der Waals surface area contributed by atoms with E-state index in [1.807, 2.05) is 30.5 Å². The molecular weight excluding hydrogens is 388 g/mol. The normalized spacial score (nSPS) is 19.1. The Labute approximate surface area is 160 Å². The molecule has 4 heteroatoms. The summed E-state index contributed by atoms with van der Waals surface area (Å²) < 4.78 is 1.04. The van der Waals surface area contributed by atoms with Crippen LogP contribution in [0.4, 0.5) is 5.69 Å². The number of hydrogen-bond acceptors (Lipinski definition) is 3. The van der Waals surface area contributed by atoms with Crippen LogP contribution >= 0.6 is 15.9 Å². The Hall–Kier alpha value is -2.46. The van der Waals surface area contributed by atoms with Crippen molar-refractivity contribution in [1.82, 2.24) is 4.98 Å². The van der Waals surface area contributed by atoms with Crippen LogP contribution in [0.2, 0.25) is 0 Å². The Morgan fingerprint density at radius 2 is 1.88 bits per heavy atom. The summed E-state index contributed by atoms with van der Waals surface area (Å²) in [7, 11) is 0. The Morgan fingerprint density at radius 1 is 1.00 bits per heavy atom. The molecule has 1 aromatic heterocycles. The molecule has 0 saturated heterocycles. The number of fused-ring (bicyclic) bond motifs is 3. The third kappa shape index (κ3) is 2.32. The molecular formula is C22H17BrN2O. The second kappa shape index (κ2) is 6.06. The van der Waals surface area contributed by atoms with Crippen molar-refractivity contribution in [3.05, 3.63) is 81.6 Å². The van der Waals surface area contributed by atoms with Crippen molar-refractivity contribution in [3.8, 4) is 0 Å². The van der Waals surface area contributed by atoms with Crippen molar-refractivity contribution in [2.45, 2.75) is 25.2 Å². The molecule has 2 heterocycles. The minimum absolute atomic E-state index is 0.0470. The average Bonchev–Trinajstić information content (AvgIpc) is 2.67. The number of anilines is 1. The predicted octanol–water partition coefficient (Wildman–Crippen LogP) is 5.56. The molecule has 1 aliphatic heterocycles. The number of nitrogens with zero attached hydrogens (tertiary/aromatic N) is 1. The van der Waals surface area contributed by atoms with Crippen LogP contribution in [0.1, 0.15) is 36.3 Å². The molecule has 2 aromatic carbocycles. The maximum atomic E-state index is 12.9. The van der Waals surface area contributed by atoms with Crippen molar-refractivity contribution in [3.63, 3.8) is 0 Å². The summed E-state index contributed by atoms with van der Waals surface area (Å²) in [6.45, 7) is 0. The maximum absolute atomic E-state index is 12.9. The molecule has 5 rings (SSSR count). The van der Waals surface area contributed by atoms with Gasteiger partial charge >= 0.3 is 0 Å². The smallest absolute Gasteiger partial charge is 0.161 e. The summed E-state index contributed by atoms with van der Waals surface area (Å²) in [4.78, 5) is 17.4. The standard InChI is InChI=1S/C22H17BrN2O/c23-16-7-2-1-5-13(16)20-15-10-11-17-14(6-4-12-24-17)22(15)25-18-8-3-9-19(26)21(18)20/h1-2,4-7,10-12,20,25H,3,8-9H2. The van der Waals surface area contributed by atoms with Crippen molar-refractivity contribution in [2.24, 2.45) is 0 Å². The topological polar surface area (TPSA) is 42.0 Å². The highest BCUT2D eigenvalue weighted by Crippen LogP contribution is 2.48. The Morgan fingerprint density at radius 3 is 2.77 bits per heavy atom. The number of carbonyl (C=O) groups is 1. The van der Waals surface area contributed by atoms with E-state index >= 15 is 0 Å². The van der Waals surface area contributed by atoms with Gasteiger partial charge < -0.3 is 5.32 Å². The average molecular weight is 405 g/mol. The van der Waals surface area contributed by atoms with Gasteiger partial charge in [-0.3, -0.25) is 9.78 Å². The highest BCUT2D eigenvalue weighted by atomic mass is 79.9. The number of nitrogens with one attached hydrogen (secondary N) is 1. The molecule has 26 heavy (non-hydrogen) atoms. The van der Waals surface area contributed by atoms with Gasteiger partial charge in [0, 0.05) is 39.7 Å². The molecule has 1 aliphatic carbocycles. The molecule has 0 bridgehead atoms. The quantitative estimate of drug-likeness (QED) is 0.576. The van der Waals surface area contributed by atoms with Crippen LogP contribution in [0.15, 0.2) is 70.5 Å². The monoisotopic (exact) mass is 404 g/mol. The van der Waals surface area contributed by atoms with Crippen LogP contribution in [0.3, 0.4) is 0 Å². The third-order valence-electron chi connectivity index (χ3n) is 5.37. The molecule has 0 saturated carbocycles. The first-order valence-electron chi connectivity index (χ1n) is 8.89. The Balaban J connectivity index is 1.83. The molecule has 1 N–H and O–H groups in total. The van der Waals surface area contributed by atoms with Gasteiger partial charge in [0.15, 0.2) is 5.78 Å². The van der Waals surface area contributed by atoms with Gasteiger partial charge in [-0.15, -0.1) is 0 Å². The van der Waals surface area contributed by atoms with E-state index in [1.165, 1.54) is 0 Å². The zero-order valence-corrected chi connectivity index (χ0v) is 15.7. The van der Waals surface area contributed by atoms with Gasteiger partial charge in [-0.1, -0.05) is 40.2 Å². The molecule has 3 nitrogen and oxygen atoms in total. The summed E-state index contributed by atoms with van der Waals surface area (Å²) in [5, 5.41) is 4.70. The van der Waals surface area contributed by atoms with Crippen LogP contribution in [-0.2, 0) is 4.79 Å². The molecule has 128 valence electrons. The highest BCUT2D eigenvalue weighted by molar-refractivity contribution is 9.10. The molecule has 0 radical (unpaired) electrons. The largest absolute Gasteiger partial charge is 0.358 e. The van der Waals surface area contributed by atoms with E-state index < -0.39 is 0 Å². The fourth-order valence-electron chi connectivity index (χ4n) is 4.22. The Kier molecular flexibility index (Phi) is 3.68. The van der Waals surface area contributed by atoms with Gasteiger partial charge in [0.05, 0.1) is 11.2 Å². The lowest BCUT2D eigenvalue weighted by atomic mass is 9.75. The van der Waals surface area contributed by atoms with Gasteiger partial charge in [0.2, 0.25) is 0 Å². The molecule has 0 fully saturated rings. The number of ketones is 1. The van der Waals surface area contributed by atoms with Crippen LogP contribution in [0.25, 0.3) is 10.9 Å². The zero-order chi connectivity index (χ0) is 17.7. The first kappa shape index (κ1) is 15.8. The second-order valence-corrected chi connectivity index (χ2v) is 7.70. The SMILES string of the molecule is O=C1CCCC2=C1C(c1ccccc1Br)c1ccc3ncccc3c1N2. The van der Waals surface area contributed by atoms with E-state index in [2.05, 4.69) is 50.5 Å². The van der Waals surface area contributed by atoms with E-state index in [1.54, 1.807) is 0 Å². The van der Waals surface area contributed by atoms with Gasteiger partial charge in [-0.05, 0) is 48.2 Å². The van der Waals surface area contributed by atoms with Gasteiger partial charge in [0.25, 0.3) is 0 Å². The molecule has 3 aromatic rings. The number of carbonyl (C=O) groups excluding carboxylic acids is 1. The van der Waals surface area contributed by atoms with Gasteiger partial charge in [-0.25, -0.2) is 0 Å². The minimum atomic E-state index is -0.0470. The highest BCUT2D eigenvalue weighted by Gasteiger charge is 2.36. The molecule has 0 spiro atoms. The number of hydrogen-bond donors (Lipinski definition) is 1. The van der Waals surface area contributed by atoms with E-state index in [9.17, 15) is 4.79 Å². The fourth-order valence-corrected chi connectivity index (χ4v) is 4.73. The number of aromatic nitrogens is 1. The summed E-state index contributed by atoms with van der Waals surface area (Å²) in [6.07, 6.45) is 4.27. The van der Waals surface area contributed by atoms with Gasteiger partial charge in [-0.2, -0.15) is 0 Å². The number of pyridine rings is 1. The Bertz CT molecular complexity index is 1090. The van der Waals surface area contributed by atoms with Gasteiger partial charge in [0.1, 0.15) is 0 Å². The summed E-state index contributed by atoms with van der Waals surface area (Å²) in [5.41, 5.74) is 6.35. The predicted molar refractivity (Wildman–Crippen MR) is 107 cm³/mol. The number of benzene rings is 2. The van der Waals surface area contributed by atoms with Crippen LogP contribution in [-0.4, -0.2) is 10.8 Å². The van der Waals surface area contributed by atoms with Crippen molar-refractivity contribution in [1.29, 1.82) is 0 Å². The molecule has 1 unspecified atom stereocenters. The maximum Gasteiger partial charge on any atom is 0.161 e. The van der Waals surface area contributed by atoms with E-state index in [4.69, 9.17) is 0 Å². The number of allylic oxidation sites excluding steroid dienone is 2. The molecule has 1 atom stereocenters. The first-order valence-corrected chi connectivity index (χ1v) is 9.68. The zero-order valence-electron chi connectivity index (χ0n) is 14.1. The summed E-state index contributed by atoms with van der Waals surface area (Å²) >= 11 is 3.70. The van der Waals surface area contributed by atoms with E-state index in [0.29, 0.717) is 6.42 Å². The molecule has 2 aliphatic rings. The lowest BCUT2D eigenvalue weighted by molar-refractivity contribution is -0.116. The fraction of sp³-hybridized carbons (Fsp3) is 0.182. The van der Waals surface area contributed by atoms with Crippen LogP contribution < -0.4 is 5.32 Å². The van der Waals surface area contributed by atoms with Crippen molar-refractivity contribution < 1.29 is 4.79 Å². The number of Topliss-reactive ketones (excluding diaryl/α,β-unsaturated/α-hetero) is 1. The lowest BCUT2D eigenvalue weighted by Gasteiger charge is -2.35. The second-order valence-electron chi connectivity index (χ2n) is 6.85. The van der Waals surface area contributed by atoms with E-state index in [0.717, 1.165) is 56.3 Å². The van der Waals surface area contributed by atoms with Crippen LogP contribution in [0.5, 0.6) is 0 Å². The molecule has 0 amide bonds. The number of rotatable bonds is 1. The summed E-state index contributed by atoms with van der Waals surface area (Å²) in [6, 6.07) is 16.5. The van der Waals surface area contributed by atoms with Crippen molar-refractivity contribution >= 4 is 38.3 Å². The summed E-state index contributed by atoms with van der Waals surface area (Å²) in [5.74, 6) is 0.214. The van der Waals surface area contributed by atoms with Crippen molar-refractivity contribution in [2.75, 3.05) is 5.32 Å². The van der Waals surface area contributed by atoms with E-state index in [-0.39, 0.29) is 11.7 Å². The number of halogens is 1. The first-order chi connectivity index (χ1) is 12.7. The lowest BCUT2D eigenvalue weighted by Crippen LogP contribution is -2.27. The van der Waals surface area contributed by atoms with Crippen LogP contribution in [0, 0.1) is 0 Å². The third-order valence-corrected chi connectivity index (χ3v) is 6.09. The minimum Gasteiger partial charge on any atom is -0.358 e.